The Kier molecular flexibility index (Phi) is 6.51. The third-order valence-corrected chi connectivity index (χ3v) is 1.70. The highest BCUT2D eigenvalue weighted by molar-refractivity contribution is 6.00. The molecule has 0 aliphatic carbocycles. The van der Waals surface area contributed by atoms with Gasteiger partial charge in [-0.05, 0) is 6.92 Å². The predicted molar refractivity (Wildman–Crippen MR) is 56.2 cm³/mol. The summed E-state index contributed by atoms with van der Waals surface area (Å²) in [6.45, 7) is 7.76. The first-order valence-electron chi connectivity index (χ1n) is 4.61. The van der Waals surface area contributed by atoms with Crippen LogP contribution in [-0.2, 0) is 23.9 Å². The number of ketones is 1. The zero-order valence-corrected chi connectivity index (χ0v) is 9.10. The van der Waals surface area contributed by atoms with Crippen LogP contribution in [0, 0.1) is 5.92 Å². The molecule has 0 fully saturated rings. The maximum Gasteiger partial charge on any atom is 0.317 e. The summed E-state index contributed by atoms with van der Waals surface area (Å²) in [6.07, 6.45) is 1.96. The van der Waals surface area contributed by atoms with E-state index in [1.807, 2.05) is 0 Å². The molecule has 0 N–H and O–H groups in total. The van der Waals surface area contributed by atoms with Gasteiger partial charge in [0.1, 0.15) is 18.3 Å². The number of esters is 2. The lowest BCUT2D eigenvalue weighted by atomic mass is 10.0. The molecule has 0 rings (SSSR count). The van der Waals surface area contributed by atoms with Gasteiger partial charge in [-0.3, -0.25) is 14.4 Å². The zero-order chi connectivity index (χ0) is 12.6. The Morgan fingerprint density at radius 3 is 2.38 bits per heavy atom. The van der Waals surface area contributed by atoms with E-state index in [9.17, 15) is 14.4 Å². The van der Waals surface area contributed by atoms with Crippen molar-refractivity contribution >= 4 is 17.7 Å². The molecule has 16 heavy (non-hydrogen) atoms. The van der Waals surface area contributed by atoms with Crippen LogP contribution in [0.15, 0.2) is 25.5 Å². The third-order valence-electron chi connectivity index (χ3n) is 1.70. The number of hydrogen-bond acceptors (Lipinski definition) is 5. The van der Waals surface area contributed by atoms with Gasteiger partial charge in [0, 0.05) is 0 Å². The predicted octanol–water partition coefficient (Wildman–Crippen LogP) is 0.998. The number of Topliss-reactive ketones (excluding diaryl/α,β-unsaturated/α-hetero) is 1. The van der Waals surface area contributed by atoms with Gasteiger partial charge in [-0.25, -0.2) is 0 Å². The number of ether oxygens (including phenoxy) is 2. The third kappa shape index (κ3) is 5.09. The molecule has 0 aromatic carbocycles. The van der Waals surface area contributed by atoms with Crippen molar-refractivity contribution in [2.45, 2.75) is 13.3 Å². The molecule has 88 valence electrons. The molecule has 1 unspecified atom stereocenters. The van der Waals surface area contributed by atoms with Crippen LogP contribution in [0.2, 0.25) is 0 Å². The van der Waals surface area contributed by atoms with Crippen molar-refractivity contribution in [1.82, 2.24) is 0 Å². The van der Waals surface area contributed by atoms with Crippen LogP contribution >= 0.6 is 0 Å². The molecule has 0 aromatic heterocycles. The van der Waals surface area contributed by atoms with Crippen molar-refractivity contribution in [3.63, 3.8) is 0 Å². The van der Waals surface area contributed by atoms with Gasteiger partial charge in [0.25, 0.3) is 0 Å². The molecule has 0 aliphatic rings. The van der Waals surface area contributed by atoms with Crippen molar-refractivity contribution in [2.75, 3.05) is 6.61 Å². The fourth-order valence-electron chi connectivity index (χ4n) is 0.942. The molecule has 5 nitrogen and oxygen atoms in total. The van der Waals surface area contributed by atoms with Gasteiger partial charge in [-0.1, -0.05) is 19.2 Å². The molecule has 0 bridgehead atoms. The summed E-state index contributed by atoms with van der Waals surface area (Å²) in [6, 6.07) is 0. The molecular formula is C11H14O5. The number of carbonyl (C=O) groups is 3. The van der Waals surface area contributed by atoms with E-state index in [1.165, 1.54) is 13.0 Å². The minimum absolute atomic E-state index is 0.000874. The van der Waals surface area contributed by atoms with E-state index in [2.05, 4.69) is 22.6 Å². The summed E-state index contributed by atoms with van der Waals surface area (Å²) in [5.74, 6) is -3.04. The molecule has 5 heteroatoms. The minimum atomic E-state index is -1.13. The quantitative estimate of drug-likeness (QED) is 0.280. The highest BCUT2D eigenvalue weighted by atomic mass is 16.5. The van der Waals surface area contributed by atoms with Crippen LogP contribution < -0.4 is 0 Å². The van der Waals surface area contributed by atoms with E-state index in [0.717, 1.165) is 6.26 Å². The van der Waals surface area contributed by atoms with E-state index in [-0.39, 0.29) is 13.0 Å². The lowest BCUT2D eigenvalue weighted by Crippen LogP contribution is -2.27. The summed E-state index contributed by atoms with van der Waals surface area (Å²) in [4.78, 5) is 33.5. The van der Waals surface area contributed by atoms with Gasteiger partial charge >= 0.3 is 11.9 Å². The van der Waals surface area contributed by atoms with Crippen molar-refractivity contribution in [3.05, 3.63) is 25.5 Å². The van der Waals surface area contributed by atoms with Crippen LogP contribution in [-0.4, -0.2) is 24.3 Å². The second kappa shape index (κ2) is 7.39. The summed E-state index contributed by atoms with van der Waals surface area (Å²) in [5.41, 5.74) is 0. The number of carbonyl (C=O) groups excluding carboxylic acids is 3. The highest BCUT2D eigenvalue weighted by Gasteiger charge is 2.28. The van der Waals surface area contributed by atoms with Crippen molar-refractivity contribution in [1.29, 1.82) is 0 Å². The van der Waals surface area contributed by atoms with Gasteiger partial charge in [0.15, 0.2) is 0 Å². The normalized spacial score (nSPS) is 11.1. The summed E-state index contributed by atoms with van der Waals surface area (Å²) < 4.78 is 9.10. The Bertz CT molecular complexity index is 305. The second-order valence-corrected chi connectivity index (χ2v) is 2.94. The number of rotatable bonds is 7. The first kappa shape index (κ1) is 14.1. The molecule has 0 saturated heterocycles. The lowest BCUT2D eigenvalue weighted by molar-refractivity contribution is -0.155. The Hall–Kier alpha value is -1.91. The van der Waals surface area contributed by atoms with E-state index in [4.69, 9.17) is 0 Å². The van der Waals surface area contributed by atoms with E-state index >= 15 is 0 Å². The highest BCUT2D eigenvalue weighted by Crippen LogP contribution is 2.09. The van der Waals surface area contributed by atoms with E-state index in [0.29, 0.717) is 0 Å². The smallest absolute Gasteiger partial charge is 0.317 e. The van der Waals surface area contributed by atoms with Gasteiger partial charge in [-0.2, -0.15) is 0 Å². The second-order valence-electron chi connectivity index (χ2n) is 2.94. The van der Waals surface area contributed by atoms with Gasteiger partial charge in [0.2, 0.25) is 0 Å². The molecule has 0 amide bonds. The number of hydrogen-bond donors (Lipinski definition) is 0. The molecular weight excluding hydrogens is 212 g/mol. The fourth-order valence-corrected chi connectivity index (χ4v) is 0.942. The van der Waals surface area contributed by atoms with Crippen LogP contribution in [0.25, 0.3) is 0 Å². The largest absolute Gasteiger partial charge is 0.461 e. The van der Waals surface area contributed by atoms with Crippen molar-refractivity contribution in [2.24, 2.45) is 5.92 Å². The molecule has 0 radical (unpaired) electrons. The molecule has 0 saturated carbocycles. The van der Waals surface area contributed by atoms with E-state index in [1.54, 1.807) is 0 Å². The van der Waals surface area contributed by atoms with Gasteiger partial charge < -0.3 is 9.47 Å². The maximum atomic E-state index is 11.4. The Morgan fingerprint density at radius 1 is 1.31 bits per heavy atom. The van der Waals surface area contributed by atoms with Crippen molar-refractivity contribution in [3.8, 4) is 0 Å². The molecule has 1 atom stereocenters. The lowest BCUT2D eigenvalue weighted by Gasteiger charge is -2.10. The van der Waals surface area contributed by atoms with Crippen LogP contribution in [0.4, 0.5) is 0 Å². The van der Waals surface area contributed by atoms with Crippen LogP contribution in [0.3, 0.4) is 0 Å². The summed E-state index contributed by atoms with van der Waals surface area (Å²) in [5, 5.41) is 0. The molecule has 0 spiro atoms. The molecule has 0 heterocycles. The molecule has 0 aromatic rings. The topological polar surface area (TPSA) is 69.7 Å². The first-order chi connectivity index (χ1) is 7.52. The van der Waals surface area contributed by atoms with Crippen LogP contribution in [0.5, 0.6) is 0 Å². The monoisotopic (exact) mass is 226 g/mol. The van der Waals surface area contributed by atoms with Crippen molar-refractivity contribution < 1.29 is 23.9 Å². The SMILES string of the molecule is C=CCOC(=O)C(CC(=O)OC=C)C(C)=O. The van der Waals surface area contributed by atoms with E-state index < -0.39 is 23.6 Å². The fraction of sp³-hybridized carbons (Fsp3) is 0.364. The summed E-state index contributed by atoms with van der Waals surface area (Å²) >= 11 is 0. The average Bonchev–Trinajstić information content (AvgIpc) is 2.22. The maximum absolute atomic E-state index is 11.4. The Morgan fingerprint density at radius 2 is 1.94 bits per heavy atom. The minimum Gasteiger partial charge on any atom is -0.461 e. The Balaban J connectivity index is 4.42. The zero-order valence-electron chi connectivity index (χ0n) is 9.10. The first-order valence-corrected chi connectivity index (χ1v) is 4.61. The standard InChI is InChI=1S/C11H14O5/c1-4-6-16-11(14)9(8(3)12)7-10(13)15-5-2/h4-5,9H,1-2,6-7H2,3H3. The molecule has 0 aliphatic heterocycles. The Labute approximate surface area is 93.7 Å². The van der Waals surface area contributed by atoms with Gasteiger partial charge in [-0.15, -0.1) is 0 Å². The van der Waals surface area contributed by atoms with Gasteiger partial charge in [0.05, 0.1) is 12.7 Å². The summed E-state index contributed by atoms with van der Waals surface area (Å²) in [7, 11) is 0. The average molecular weight is 226 g/mol. The van der Waals surface area contributed by atoms with Crippen LogP contribution in [0.1, 0.15) is 13.3 Å².